The largest absolute Gasteiger partial charge is 0.356 e. The summed E-state index contributed by atoms with van der Waals surface area (Å²) < 4.78 is 0. The van der Waals surface area contributed by atoms with Crippen LogP contribution in [0.3, 0.4) is 0 Å². The molecule has 1 fully saturated rings. The molecule has 19 heavy (non-hydrogen) atoms. The quantitative estimate of drug-likeness (QED) is 0.737. The third-order valence-electron chi connectivity index (χ3n) is 3.54. The third-order valence-corrected chi connectivity index (χ3v) is 3.54. The zero-order valence-electron chi connectivity index (χ0n) is 12.0. The van der Waals surface area contributed by atoms with Crippen molar-refractivity contribution in [3.8, 4) is 0 Å². The number of hydrogen-bond acceptors (Lipinski definition) is 2. The third kappa shape index (κ3) is 5.03. The summed E-state index contributed by atoms with van der Waals surface area (Å²) >= 11 is 0. The Bertz CT molecular complexity index is 438. The number of carbonyl (C=O) groups excluding carboxylic acids is 1. The molecule has 104 valence electrons. The molecule has 1 aromatic rings. The van der Waals surface area contributed by atoms with Crippen LogP contribution < -0.4 is 10.6 Å². The topological polar surface area (TPSA) is 41.1 Å². The Morgan fingerprint density at radius 1 is 1.26 bits per heavy atom. The van der Waals surface area contributed by atoms with Crippen LogP contribution in [0.2, 0.25) is 0 Å². The number of carbonyl (C=O) groups is 1. The fraction of sp³-hybridized carbons (Fsp3) is 0.562. The van der Waals surface area contributed by atoms with Gasteiger partial charge >= 0.3 is 0 Å². The first-order chi connectivity index (χ1) is 9.15. The molecule has 0 radical (unpaired) electrons. The first kappa shape index (κ1) is 14.1. The predicted octanol–water partition coefficient (Wildman–Crippen LogP) is 2.10. The molecule has 0 spiro atoms. The molecule has 0 bridgehead atoms. The molecule has 1 aliphatic carbocycles. The first-order valence-electron chi connectivity index (χ1n) is 7.21. The van der Waals surface area contributed by atoms with E-state index in [-0.39, 0.29) is 5.91 Å². The summed E-state index contributed by atoms with van der Waals surface area (Å²) in [6, 6.07) is 7.02. The highest BCUT2D eigenvalue weighted by atomic mass is 16.1. The lowest BCUT2D eigenvalue weighted by Gasteiger charge is -2.08. The second kappa shape index (κ2) is 6.71. The molecule has 0 unspecified atom stereocenters. The van der Waals surface area contributed by atoms with Crippen LogP contribution in [0.25, 0.3) is 0 Å². The fourth-order valence-corrected chi connectivity index (χ4v) is 2.14. The van der Waals surface area contributed by atoms with Crippen molar-refractivity contribution < 1.29 is 4.79 Å². The minimum atomic E-state index is 0.125. The maximum Gasteiger partial charge on any atom is 0.224 e. The Balaban J connectivity index is 1.66. The van der Waals surface area contributed by atoms with Gasteiger partial charge in [0.15, 0.2) is 0 Å². The summed E-state index contributed by atoms with van der Waals surface area (Å²) in [6.45, 7) is 5.89. The molecule has 2 N–H and O–H groups in total. The van der Waals surface area contributed by atoms with Crippen molar-refractivity contribution in [2.75, 3.05) is 13.1 Å². The van der Waals surface area contributed by atoms with E-state index < -0.39 is 0 Å². The molecule has 0 aliphatic heterocycles. The van der Waals surface area contributed by atoms with Crippen LogP contribution in [-0.2, 0) is 11.2 Å². The normalized spacial score (nSPS) is 14.4. The van der Waals surface area contributed by atoms with Gasteiger partial charge < -0.3 is 10.6 Å². The van der Waals surface area contributed by atoms with E-state index in [1.165, 1.54) is 24.0 Å². The van der Waals surface area contributed by atoms with Crippen LogP contribution in [0, 0.1) is 13.8 Å². The smallest absolute Gasteiger partial charge is 0.224 e. The van der Waals surface area contributed by atoms with Crippen LogP contribution in [0.5, 0.6) is 0 Å². The number of aryl methyl sites for hydroxylation is 2. The van der Waals surface area contributed by atoms with Crippen molar-refractivity contribution in [3.05, 3.63) is 34.9 Å². The van der Waals surface area contributed by atoms with Gasteiger partial charge in [0.25, 0.3) is 0 Å². The summed E-state index contributed by atoms with van der Waals surface area (Å²) in [7, 11) is 0. The Labute approximate surface area is 115 Å². The highest BCUT2D eigenvalue weighted by Crippen LogP contribution is 2.18. The summed E-state index contributed by atoms with van der Waals surface area (Å²) in [5.41, 5.74) is 3.53. The number of amides is 1. The van der Waals surface area contributed by atoms with E-state index in [0.717, 1.165) is 31.1 Å². The van der Waals surface area contributed by atoms with Crippen LogP contribution in [0.4, 0.5) is 0 Å². The molecular formula is C16H24N2O. The van der Waals surface area contributed by atoms with Gasteiger partial charge in [-0.15, -0.1) is 0 Å². The summed E-state index contributed by atoms with van der Waals surface area (Å²) in [5.74, 6) is 0.125. The van der Waals surface area contributed by atoms with Crippen LogP contribution >= 0.6 is 0 Å². The van der Waals surface area contributed by atoms with E-state index in [4.69, 9.17) is 0 Å². The Hall–Kier alpha value is -1.35. The maximum absolute atomic E-state index is 11.9. The van der Waals surface area contributed by atoms with E-state index in [2.05, 4.69) is 42.7 Å². The minimum Gasteiger partial charge on any atom is -0.356 e. The Kier molecular flexibility index (Phi) is 4.97. The first-order valence-corrected chi connectivity index (χ1v) is 7.21. The number of benzene rings is 1. The minimum absolute atomic E-state index is 0.125. The molecule has 1 aliphatic rings. The van der Waals surface area contributed by atoms with Gasteiger partial charge in [-0.1, -0.05) is 23.8 Å². The van der Waals surface area contributed by atoms with Crippen molar-refractivity contribution in [2.45, 2.75) is 45.6 Å². The van der Waals surface area contributed by atoms with Gasteiger partial charge in [-0.05, 0) is 50.8 Å². The molecule has 3 heteroatoms. The molecule has 2 rings (SSSR count). The predicted molar refractivity (Wildman–Crippen MR) is 78.3 cm³/mol. The van der Waals surface area contributed by atoms with Gasteiger partial charge in [-0.2, -0.15) is 0 Å². The van der Waals surface area contributed by atoms with Crippen molar-refractivity contribution in [2.24, 2.45) is 0 Å². The summed E-state index contributed by atoms with van der Waals surface area (Å²) in [5, 5.41) is 6.44. The van der Waals surface area contributed by atoms with Gasteiger partial charge in [0.1, 0.15) is 0 Å². The van der Waals surface area contributed by atoms with Gasteiger partial charge in [0.05, 0.1) is 6.42 Å². The van der Waals surface area contributed by atoms with Gasteiger partial charge in [-0.3, -0.25) is 4.79 Å². The lowest BCUT2D eigenvalue weighted by atomic mass is 10.0. The lowest BCUT2D eigenvalue weighted by Crippen LogP contribution is -2.29. The highest BCUT2D eigenvalue weighted by Gasteiger charge is 2.19. The highest BCUT2D eigenvalue weighted by molar-refractivity contribution is 5.78. The monoisotopic (exact) mass is 260 g/mol. The van der Waals surface area contributed by atoms with Crippen molar-refractivity contribution in [1.82, 2.24) is 10.6 Å². The van der Waals surface area contributed by atoms with Crippen LogP contribution in [0.15, 0.2) is 18.2 Å². The average molecular weight is 260 g/mol. The van der Waals surface area contributed by atoms with E-state index in [1.54, 1.807) is 0 Å². The van der Waals surface area contributed by atoms with E-state index in [9.17, 15) is 4.79 Å². The second-order valence-corrected chi connectivity index (χ2v) is 5.54. The lowest BCUT2D eigenvalue weighted by molar-refractivity contribution is -0.120. The second-order valence-electron chi connectivity index (χ2n) is 5.54. The van der Waals surface area contributed by atoms with Crippen molar-refractivity contribution in [1.29, 1.82) is 0 Å². The average Bonchev–Trinajstić information content (AvgIpc) is 3.17. The molecule has 0 aromatic heterocycles. The number of nitrogens with one attached hydrogen (secondary N) is 2. The molecule has 3 nitrogen and oxygen atoms in total. The zero-order valence-corrected chi connectivity index (χ0v) is 12.0. The summed E-state index contributed by atoms with van der Waals surface area (Å²) in [6.07, 6.45) is 4.14. The molecule has 0 saturated heterocycles. The molecule has 0 heterocycles. The molecular weight excluding hydrogens is 236 g/mol. The Morgan fingerprint density at radius 2 is 2.05 bits per heavy atom. The molecule has 1 aromatic carbocycles. The molecule has 1 saturated carbocycles. The van der Waals surface area contributed by atoms with Crippen molar-refractivity contribution >= 4 is 5.91 Å². The van der Waals surface area contributed by atoms with Gasteiger partial charge in [-0.25, -0.2) is 0 Å². The molecule has 0 atom stereocenters. The fourth-order valence-electron chi connectivity index (χ4n) is 2.14. The number of hydrogen-bond donors (Lipinski definition) is 2. The Morgan fingerprint density at radius 3 is 2.79 bits per heavy atom. The zero-order chi connectivity index (χ0) is 13.7. The maximum atomic E-state index is 11.9. The van der Waals surface area contributed by atoms with Crippen LogP contribution in [-0.4, -0.2) is 25.0 Å². The summed E-state index contributed by atoms with van der Waals surface area (Å²) in [4.78, 5) is 11.9. The number of rotatable bonds is 7. The van der Waals surface area contributed by atoms with Crippen molar-refractivity contribution in [3.63, 3.8) is 0 Å². The van der Waals surface area contributed by atoms with Crippen LogP contribution in [0.1, 0.15) is 36.0 Å². The molecule has 1 amide bonds. The SMILES string of the molecule is Cc1ccc(C)c(CC(=O)NCCCNC2CC2)c1. The van der Waals surface area contributed by atoms with Gasteiger partial charge in [0.2, 0.25) is 5.91 Å². The van der Waals surface area contributed by atoms with E-state index >= 15 is 0 Å². The van der Waals surface area contributed by atoms with E-state index in [1.807, 2.05) is 0 Å². The van der Waals surface area contributed by atoms with Gasteiger partial charge in [0, 0.05) is 12.6 Å². The standard InChI is InChI=1S/C16H24N2O/c1-12-4-5-13(2)14(10-12)11-16(19)18-9-3-8-17-15-6-7-15/h4-5,10,15,17H,3,6-9,11H2,1-2H3,(H,18,19). The van der Waals surface area contributed by atoms with E-state index in [0.29, 0.717) is 6.42 Å².